The van der Waals surface area contributed by atoms with E-state index in [4.69, 9.17) is 11.6 Å². The molecule has 2 aromatic carbocycles. The predicted molar refractivity (Wildman–Crippen MR) is 89.1 cm³/mol. The maximum Gasteiger partial charge on any atom is 0.300 e. The van der Waals surface area contributed by atoms with E-state index in [1.807, 2.05) is 19.9 Å². The van der Waals surface area contributed by atoms with E-state index in [2.05, 4.69) is 5.32 Å². The number of carbonyl (C=O) groups excluding carboxylic acids is 1. The van der Waals surface area contributed by atoms with Crippen LogP contribution in [0, 0.1) is 34.1 Å². The molecule has 0 saturated carbocycles. The highest BCUT2D eigenvalue weighted by Gasteiger charge is 2.27. The molecule has 0 aliphatic heterocycles. The molecule has 0 radical (unpaired) electrons. The molecule has 0 bridgehead atoms. The van der Waals surface area contributed by atoms with Crippen LogP contribution in [-0.2, 0) is 0 Å². The molecule has 8 nitrogen and oxygen atoms in total. The lowest BCUT2D eigenvalue weighted by Crippen LogP contribution is -2.05. The summed E-state index contributed by atoms with van der Waals surface area (Å²) in [5.41, 5.74) is 0.599. The first kappa shape index (κ1) is 17.4. The fraction of sp³-hybridized carbons (Fsp3) is 0.133. The number of nitro benzene ring substituents is 2. The Hall–Kier alpha value is -3.00. The van der Waals surface area contributed by atoms with E-state index < -0.39 is 26.5 Å². The van der Waals surface area contributed by atoms with E-state index in [0.29, 0.717) is 5.69 Å². The standard InChI is InChI=1S/C15H12ClN3O5/c1-8-3-9(2)5-10(4-8)17-14-12(15(16)20)6-11(18(21)22)7-13(14)19(23)24/h3-7,17H,1-2H3. The van der Waals surface area contributed by atoms with Gasteiger partial charge in [-0.25, -0.2) is 0 Å². The molecule has 1 N–H and O–H groups in total. The molecule has 0 unspecified atom stereocenters. The van der Waals surface area contributed by atoms with E-state index in [1.165, 1.54) is 0 Å². The number of halogens is 1. The third kappa shape index (κ3) is 3.66. The third-order valence-electron chi connectivity index (χ3n) is 3.21. The predicted octanol–water partition coefficient (Wildman–Crippen LogP) is 4.24. The fourth-order valence-electron chi connectivity index (χ4n) is 2.34. The lowest BCUT2D eigenvalue weighted by atomic mass is 10.1. The highest BCUT2D eigenvalue weighted by molar-refractivity contribution is 6.68. The molecule has 9 heteroatoms. The lowest BCUT2D eigenvalue weighted by Gasteiger charge is -2.12. The maximum absolute atomic E-state index is 11.6. The smallest absolute Gasteiger partial charge is 0.300 e. The molecule has 0 saturated heterocycles. The molecule has 0 aliphatic carbocycles. The number of nitro groups is 2. The molecule has 0 atom stereocenters. The van der Waals surface area contributed by atoms with Crippen LogP contribution in [0.15, 0.2) is 30.3 Å². The van der Waals surface area contributed by atoms with Gasteiger partial charge in [0, 0.05) is 11.8 Å². The number of non-ortho nitro benzene ring substituents is 1. The molecule has 0 heterocycles. The molecule has 0 spiro atoms. The van der Waals surface area contributed by atoms with Gasteiger partial charge in [-0.05, 0) is 48.7 Å². The van der Waals surface area contributed by atoms with Crippen molar-refractivity contribution in [3.8, 4) is 0 Å². The topological polar surface area (TPSA) is 115 Å². The van der Waals surface area contributed by atoms with E-state index >= 15 is 0 Å². The second kappa shape index (κ2) is 6.63. The molecular weight excluding hydrogens is 338 g/mol. The molecule has 0 fully saturated rings. The molecule has 2 rings (SSSR count). The molecular formula is C15H12ClN3O5. The second-order valence-electron chi connectivity index (χ2n) is 5.18. The van der Waals surface area contributed by atoms with Crippen LogP contribution in [0.2, 0.25) is 0 Å². The van der Waals surface area contributed by atoms with Crippen LogP contribution < -0.4 is 5.32 Å². The van der Waals surface area contributed by atoms with Gasteiger partial charge < -0.3 is 5.32 Å². The molecule has 24 heavy (non-hydrogen) atoms. The number of hydrogen-bond acceptors (Lipinski definition) is 6. The van der Waals surface area contributed by atoms with Gasteiger partial charge in [0.05, 0.1) is 21.5 Å². The van der Waals surface area contributed by atoms with Crippen molar-refractivity contribution in [3.05, 3.63) is 67.3 Å². The van der Waals surface area contributed by atoms with Gasteiger partial charge in [0.15, 0.2) is 0 Å². The Morgan fingerprint density at radius 1 is 1.00 bits per heavy atom. The summed E-state index contributed by atoms with van der Waals surface area (Å²) in [6.07, 6.45) is 0. The largest absolute Gasteiger partial charge is 0.349 e. The molecule has 0 aliphatic rings. The first-order valence-electron chi connectivity index (χ1n) is 6.71. The van der Waals surface area contributed by atoms with Crippen LogP contribution in [-0.4, -0.2) is 15.1 Å². The third-order valence-corrected chi connectivity index (χ3v) is 3.42. The van der Waals surface area contributed by atoms with Gasteiger partial charge in [-0.2, -0.15) is 0 Å². The van der Waals surface area contributed by atoms with Crippen molar-refractivity contribution in [2.24, 2.45) is 0 Å². The van der Waals surface area contributed by atoms with Crippen LogP contribution in [0.3, 0.4) is 0 Å². The van der Waals surface area contributed by atoms with Crippen molar-refractivity contribution in [2.45, 2.75) is 13.8 Å². The Morgan fingerprint density at radius 2 is 1.58 bits per heavy atom. The number of nitrogens with one attached hydrogen (secondary N) is 1. The summed E-state index contributed by atoms with van der Waals surface area (Å²) in [6, 6.07) is 7.05. The highest BCUT2D eigenvalue weighted by atomic mass is 35.5. The second-order valence-corrected chi connectivity index (χ2v) is 5.52. The van der Waals surface area contributed by atoms with E-state index in [0.717, 1.165) is 23.3 Å². The van der Waals surface area contributed by atoms with Gasteiger partial charge in [-0.3, -0.25) is 25.0 Å². The first-order valence-corrected chi connectivity index (χ1v) is 7.09. The zero-order valence-corrected chi connectivity index (χ0v) is 13.5. The minimum absolute atomic E-state index is 0.185. The van der Waals surface area contributed by atoms with Gasteiger partial charge in [0.1, 0.15) is 5.69 Å². The zero-order chi connectivity index (χ0) is 18.0. The van der Waals surface area contributed by atoms with Gasteiger partial charge in [-0.1, -0.05) is 6.07 Å². The summed E-state index contributed by atoms with van der Waals surface area (Å²) in [4.78, 5) is 32.2. The van der Waals surface area contributed by atoms with E-state index in [1.54, 1.807) is 12.1 Å². The molecule has 0 aromatic heterocycles. The molecule has 2 aromatic rings. The number of rotatable bonds is 5. The Bertz CT molecular complexity index is 811. The summed E-state index contributed by atoms with van der Waals surface area (Å²) >= 11 is 5.47. The first-order chi connectivity index (χ1) is 11.2. The van der Waals surface area contributed by atoms with Gasteiger partial charge in [0.25, 0.3) is 16.6 Å². The number of anilines is 2. The lowest BCUT2D eigenvalue weighted by molar-refractivity contribution is -0.393. The van der Waals surface area contributed by atoms with Crippen LogP contribution in [0.1, 0.15) is 21.5 Å². The minimum Gasteiger partial charge on any atom is -0.349 e. The summed E-state index contributed by atoms with van der Waals surface area (Å²) in [7, 11) is 0. The quantitative estimate of drug-likeness (QED) is 0.490. The van der Waals surface area contributed by atoms with Crippen molar-refractivity contribution >= 4 is 39.6 Å². The van der Waals surface area contributed by atoms with Gasteiger partial charge in [0.2, 0.25) is 0 Å². The van der Waals surface area contributed by atoms with Gasteiger partial charge in [-0.15, -0.1) is 0 Å². The number of benzene rings is 2. The number of nitrogens with zero attached hydrogens (tertiary/aromatic N) is 2. The van der Waals surface area contributed by atoms with Crippen LogP contribution in [0.25, 0.3) is 0 Å². The zero-order valence-electron chi connectivity index (χ0n) is 12.7. The van der Waals surface area contributed by atoms with Gasteiger partial charge >= 0.3 is 0 Å². The maximum atomic E-state index is 11.6. The van der Waals surface area contributed by atoms with E-state index in [9.17, 15) is 25.0 Å². The normalized spacial score (nSPS) is 10.3. The number of hydrogen-bond donors (Lipinski definition) is 1. The summed E-state index contributed by atoms with van der Waals surface area (Å²) in [5, 5.41) is 24.0. The summed E-state index contributed by atoms with van der Waals surface area (Å²) < 4.78 is 0. The van der Waals surface area contributed by atoms with Crippen LogP contribution in [0.5, 0.6) is 0 Å². The Labute approximate surface area is 141 Å². The summed E-state index contributed by atoms with van der Waals surface area (Å²) in [5.74, 6) is 0. The average molecular weight is 350 g/mol. The van der Waals surface area contributed by atoms with Crippen molar-refractivity contribution in [1.82, 2.24) is 0 Å². The highest BCUT2D eigenvalue weighted by Crippen LogP contribution is 2.36. The fourth-order valence-corrected chi connectivity index (χ4v) is 2.49. The van der Waals surface area contributed by atoms with Crippen molar-refractivity contribution in [3.63, 3.8) is 0 Å². The molecule has 124 valence electrons. The van der Waals surface area contributed by atoms with Crippen LogP contribution >= 0.6 is 11.6 Å². The SMILES string of the molecule is Cc1cc(C)cc(Nc2c(C(=O)Cl)cc([N+](=O)[O-])cc2[N+](=O)[O-])c1. The monoisotopic (exact) mass is 349 g/mol. The number of carbonyl (C=O) groups is 1. The molecule has 0 amide bonds. The van der Waals surface area contributed by atoms with Crippen LogP contribution in [0.4, 0.5) is 22.7 Å². The summed E-state index contributed by atoms with van der Waals surface area (Å²) in [6.45, 7) is 3.69. The number of aryl methyl sites for hydroxylation is 2. The Balaban J connectivity index is 2.68. The Morgan fingerprint density at radius 3 is 2.04 bits per heavy atom. The van der Waals surface area contributed by atoms with Crippen molar-refractivity contribution in [1.29, 1.82) is 0 Å². The van der Waals surface area contributed by atoms with Crippen molar-refractivity contribution < 1.29 is 14.6 Å². The van der Waals surface area contributed by atoms with Crippen molar-refractivity contribution in [2.75, 3.05) is 5.32 Å². The Kier molecular flexibility index (Phi) is 4.79. The minimum atomic E-state index is -1.03. The average Bonchev–Trinajstić information content (AvgIpc) is 2.45. The van der Waals surface area contributed by atoms with E-state index in [-0.39, 0.29) is 11.3 Å².